The van der Waals surface area contributed by atoms with Gasteiger partial charge < -0.3 is 19.5 Å². The summed E-state index contributed by atoms with van der Waals surface area (Å²) in [5.74, 6) is 1.15. The van der Waals surface area contributed by atoms with Crippen molar-refractivity contribution < 1.29 is 27.4 Å². The van der Waals surface area contributed by atoms with Crippen LogP contribution in [-0.4, -0.2) is 57.6 Å². The Hall–Kier alpha value is -2.78. The fraction of sp³-hybridized carbons (Fsp3) is 0.350. The number of ether oxygens (including phenoxy) is 3. The molecule has 0 aliphatic carbocycles. The Morgan fingerprint density at radius 2 is 1.83 bits per heavy atom. The van der Waals surface area contributed by atoms with E-state index in [2.05, 4.69) is 5.32 Å². The summed E-state index contributed by atoms with van der Waals surface area (Å²) in [6.07, 6.45) is -0.176. The van der Waals surface area contributed by atoms with E-state index >= 15 is 0 Å². The topological polar surface area (TPSA) is 94.2 Å². The lowest BCUT2D eigenvalue weighted by molar-refractivity contribution is -0.123. The van der Waals surface area contributed by atoms with Gasteiger partial charge in [-0.3, -0.25) is 4.79 Å². The molecule has 9 heteroatoms. The van der Waals surface area contributed by atoms with Crippen LogP contribution >= 0.6 is 0 Å². The third-order valence-corrected chi connectivity index (χ3v) is 6.80. The first-order valence-electron chi connectivity index (χ1n) is 9.34. The van der Waals surface area contributed by atoms with E-state index < -0.39 is 22.2 Å². The molecule has 0 unspecified atom stereocenters. The molecule has 8 nitrogen and oxygen atoms in total. The highest BCUT2D eigenvalue weighted by Gasteiger charge is 2.45. The van der Waals surface area contributed by atoms with Crippen molar-refractivity contribution >= 4 is 15.9 Å². The first-order chi connectivity index (χ1) is 14.0. The molecule has 154 valence electrons. The van der Waals surface area contributed by atoms with Crippen LogP contribution in [0, 0.1) is 0 Å². The molecule has 0 saturated carbocycles. The number of benzene rings is 2. The molecule has 2 aliphatic rings. The highest BCUT2D eigenvalue weighted by atomic mass is 32.2. The number of amides is 1. The van der Waals surface area contributed by atoms with Gasteiger partial charge in [-0.1, -0.05) is 18.2 Å². The minimum absolute atomic E-state index is 0.0519. The van der Waals surface area contributed by atoms with Crippen LogP contribution in [0.1, 0.15) is 6.42 Å². The average molecular weight is 418 g/mol. The second-order valence-corrected chi connectivity index (χ2v) is 8.69. The zero-order valence-electron chi connectivity index (χ0n) is 15.9. The molecule has 0 bridgehead atoms. The maximum Gasteiger partial charge on any atom is 0.244 e. The number of para-hydroxylation sites is 1. The molecule has 2 atom stereocenters. The van der Waals surface area contributed by atoms with Gasteiger partial charge in [0.15, 0.2) is 11.5 Å². The molecule has 1 fully saturated rings. The Labute approximate surface area is 169 Å². The molecule has 29 heavy (non-hydrogen) atoms. The summed E-state index contributed by atoms with van der Waals surface area (Å²) in [6.45, 7) is 0.848. The summed E-state index contributed by atoms with van der Waals surface area (Å²) < 4.78 is 44.8. The van der Waals surface area contributed by atoms with Gasteiger partial charge in [0.2, 0.25) is 15.9 Å². The molecule has 0 spiro atoms. The molecule has 1 saturated heterocycles. The van der Waals surface area contributed by atoms with Crippen LogP contribution in [0.4, 0.5) is 0 Å². The van der Waals surface area contributed by atoms with E-state index in [0.29, 0.717) is 30.5 Å². The Morgan fingerprint density at radius 1 is 1.10 bits per heavy atom. The van der Waals surface area contributed by atoms with Crippen LogP contribution in [-0.2, 0) is 14.8 Å². The number of rotatable bonds is 5. The largest absolute Gasteiger partial charge is 0.489 e. The maximum atomic E-state index is 13.3. The van der Waals surface area contributed by atoms with Gasteiger partial charge in [0.25, 0.3) is 0 Å². The van der Waals surface area contributed by atoms with Gasteiger partial charge in [-0.25, -0.2) is 8.42 Å². The number of likely N-dealkylation sites (N-methyl/N-ethyl adjacent to an activating group) is 1. The van der Waals surface area contributed by atoms with Crippen LogP contribution in [0.5, 0.6) is 17.2 Å². The fourth-order valence-electron chi connectivity index (χ4n) is 3.54. The highest BCUT2D eigenvalue weighted by molar-refractivity contribution is 7.89. The minimum Gasteiger partial charge on any atom is -0.489 e. The monoisotopic (exact) mass is 418 g/mol. The highest BCUT2D eigenvalue weighted by Crippen LogP contribution is 2.35. The van der Waals surface area contributed by atoms with Gasteiger partial charge in [-0.2, -0.15) is 4.31 Å². The Kier molecular flexibility index (Phi) is 5.33. The summed E-state index contributed by atoms with van der Waals surface area (Å²) >= 11 is 0. The van der Waals surface area contributed by atoms with E-state index in [1.54, 1.807) is 18.2 Å². The maximum absolute atomic E-state index is 13.3. The zero-order valence-corrected chi connectivity index (χ0v) is 16.7. The molecular formula is C20H22N2O6S. The number of nitrogens with one attached hydrogen (secondary N) is 1. The third-order valence-electron chi connectivity index (χ3n) is 4.93. The van der Waals surface area contributed by atoms with Crippen molar-refractivity contribution in [2.45, 2.75) is 23.5 Å². The quantitative estimate of drug-likeness (QED) is 0.789. The average Bonchev–Trinajstić information content (AvgIpc) is 3.18. The van der Waals surface area contributed by atoms with Gasteiger partial charge >= 0.3 is 0 Å². The van der Waals surface area contributed by atoms with E-state index in [0.717, 1.165) is 0 Å². The molecule has 2 aromatic rings. The van der Waals surface area contributed by atoms with Crippen molar-refractivity contribution in [3.8, 4) is 17.2 Å². The molecular weight excluding hydrogens is 396 g/mol. The summed E-state index contributed by atoms with van der Waals surface area (Å²) in [5, 5.41) is 2.55. The smallest absolute Gasteiger partial charge is 0.244 e. The lowest BCUT2D eigenvalue weighted by Crippen LogP contribution is -2.44. The van der Waals surface area contributed by atoms with Crippen molar-refractivity contribution in [1.82, 2.24) is 9.62 Å². The molecule has 2 aliphatic heterocycles. The Morgan fingerprint density at radius 3 is 2.55 bits per heavy atom. The number of hydrogen-bond donors (Lipinski definition) is 1. The summed E-state index contributed by atoms with van der Waals surface area (Å²) in [6, 6.07) is 12.8. The fourth-order valence-corrected chi connectivity index (χ4v) is 5.18. The van der Waals surface area contributed by atoms with E-state index in [1.807, 2.05) is 18.2 Å². The standard InChI is InChI=1S/C20H22N2O6S/c1-21-20(23)17-11-15(28-14-5-3-2-4-6-14)13-22(17)29(24,25)16-7-8-18-19(12-16)27-10-9-26-18/h2-8,12,15,17H,9-11,13H2,1H3,(H,21,23)/t15-,17-/m0/s1. The lowest BCUT2D eigenvalue weighted by Gasteiger charge is -2.24. The van der Waals surface area contributed by atoms with Crippen LogP contribution in [0.25, 0.3) is 0 Å². The third kappa shape index (κ3) is 3.88. The predicted octanol–water partition coefficient (Wildman–Crippen LogP) is 1.41. The van der Waals surface area contributed by atoms with Crippen molar-refractivity contribution in [2.24, 2.45) is 0 Å². The van der Waals surface area contributed by atoms with Gasteiger partial charge in [-0.05, 0) is 24.3 Å². The first kappa shape index (κ1) is 19.5. The SMILES string of the molecule is CNC(=O)[C@@H]1C[C@H](Oc2ccccc2)CN1S(=O)(=O)c1ccc2c(c1)OCCO2. The molecule has 1 amide bonds. The Bertz CT molecular complexity index is 995. The second-order valence-electron chi connectivity index (χ2n) is 6.80. The number of carbonyl (C=O) groups is 1. The molecule has 2 aromatic carbocycles. The number of fused-ring (bicyclic) bond motifs is 1. The van der Waals surface area contributed by atoms with Crippen molar-refractivity contribution in [3.63, 3.8) is 0 Å². The summed E-state index contributed by atoms with van der Waals surface area (Å²) in [7, 11) is -2.46. The van der Waals surface area contributed by atoms with Gasteiger partial charge in [-0.15, -0.1) is 0 Å². The second kappa shape index (κ2) is 7.92. The lowest BCUT2D eigenvalue weighted by atomic mass is 10.2. The van der Waals surface area contributed by atoms with E-state index in [-0.39, 0.29) is 23.8 Å². The van der Waals surface area contributed by atoms with Crippen LogP contribution in [0.15, 0.2) is 53.4 Å². The number of nitrogens with zero attached hydrogens (tertiary/aromatic N) is 1. The van der Waals surface area contributed by atoms with E-state index in [9.17, 15) is 13.2 Å². The zero-order chi connectivity index (χ0) is 20.4. The minimum atomic E-state index is -3.94. The van der Waals surface area contributed by atoms with Crippen molar-refractivity contribution in [2.75, 3.05) is 26.8 Å². The van der Waals surface area contributed by atoms with Crippen LogP contribution in [0.2, 0.25) is 0 Å². The van der Waals surface area contributed by atoms with Crippen LogP contribution < -0.4 is 19.5 Å². The molecule has 2 heterocycles. The molecule has 1 N–H and O–H groups in total. The summed E-state index contributed by atoms with van der Waals surface area (Å²) in [4.78, 5) is 12.5. The predicted molar refractivity (Wildman–Crippen MR) is 105 cm³/mol. The van der Waals surface area contributed by atoms with Crippen molar-refractivity contribution in [1.29, 1.82) is 0 Å². The first-order valence-corrected chi connectivity index (χ1v) is 10.8. The van der Waals surface area contributed by atoms with Crippen LogP contribution in [0.3, 0.4) is 0 Å². The van der Waals surface area contributed by atoms with Gasteiger partial charge in [0.1, 0.15) is 31.1 Å². The molecule has 0 aromatic heterocycles. The van der Waals surface area contributed by atoms with E-state index in [4.69, 9.17) is 14.2 Å². The number of carbonyl (C=O) groups excluding carboxylic acids is 1. The number of hydrogen-bond acceptors (Lipinski definition) is 6. The Balaban J connectivity index is 1.62. The summed E-state index contributed by atoms with van der Waals surface area (Å²) in [5.41, 5.74) is 0. The normalized spacial score (nSPS) is 21.6. The number of sulfonamides is 1. The molecule has 0 radical (unpaired) electrons. The van der Waals surface area contributed by atoms with Gasteiger partial charge in [0.05, 0.1) is 11.4 Å². The van der Waals surface area contributed by atoms with Crippen molar-refractivity contribution in [3.05, 3.63) is 48.5 Å². The molecule has 4 rings (SSSR count). The van der Waals surface area contributed by atoms with E-state index in [1.165, 1.54) is 23.5 Å². The van der Waals surface area contributed by atoms with Gasteiger partial charge in [0, 0.05) is 19.5 Å².